The number of fused-ring (bicyclic) bond motifs is 1. The van der Waals surface area contributed by atoms with Crippen LogP contribution in [0.1, 0.15) is 48.1 Å². The molecule has 3 rings (SSSR count). The molecule has 6 heteroatoms. The van der Waals surface area contributed by atoms with Crippen LogP contribution in [0.25, 0.3) is 0 Å². The molecule has 2 heterocycles. The molecule has 0 saturated carbocycles. The molecule has 0 aliphatic heterocycles. The molecule has 24 heavy (non-hydrogen) atoms. The summed E-state index contributed by atoms with van der Waals surface area (Å²) in [6, 6.07) is 4.43. The molecular weight excluding hydrogens is 468 g/mol. The van der Waals surface area contributed by atoms with E-state index >= 15 is 0 Å². The minimum Gasteiger partial charge on any atom is -0.243 e. The highest BCUT2D eigenvalue weighted by molar-refractivity contribution is 9.13. The number of hydrogen-bond acceptors (Lipinski definition) is 4. The molecular formula is C18H18Br2N2S2. The summed E-state index contributed by atoms with van der Waals surface area (Å²) < 4.78 is 2.09. The van der Waals surface area contributed by atoms with Gasteiger partial charge in [-0.2, -0.15) is 5.26 Å². The molecule has 0 bridgehead atoms. The van der Waals surface area contributed by atoms with Crippen molar-refractivity contribution in [3.05, 3.63) is 35.2 Å². The maximum atomic E-state index is 9.60. The summed E-state index contributed by atoms with van der Waals surface area (Å²) in [4.78, 5) is 7.06. The quantitative estimate of drug-likeness (QED) is 0.417. The smallest absolute Gasteiger partial charge is 0.134 e. The van der Waals surface area contributed by atoms with Gasteiger partial charge in [0.2, 0.25) is 0 Å². The molecule has 0 aromatic carbocycles. The molecule has 1 atom stereocenters. The summed E-state index contributed by atoms with van der Waals surface area (Å²) in [6.07, 6.45) is 5.10. The van der Waals surface area contributed by atoms with Crippen LogP contribution in [0.3, 0.4) is 0 Å². The van der Waals surface area contributed by atoms with Crippen molar-refractivity contribution < 1.29 is 0 Å². The molecule has 0 fully saturated rings. The second-order valence-electron chi connectivity index (χ2n) is 7.13. The van der Waals surface area contributed by atoms with Crippen molar-refractivity contribution in [2.24, 2.45) is 16.3 Å². The van der Waals surface area contributed by atoms with Crippen LogP contribution in [-0.4, -0.2) is 6.21 Å². The van der Waals surface area contributed by atoms with E-state index in [-0.39, 0.29) is 0 Å². The Morgan fingerprint density at radius 2 is 2.08 bits per heavy atom. The van der Waals surface area contributed by atoms with Crippen LogP contribution in [0.5, 0.6) is 0 Å². The Kier molecular flexibility index (Phi) is 5.36. The number of rotatable bonds is 2. The lowest BCUT2D eigenvalue weighted by atomic mass is 9.72. The SMILES string of the molecule is CC(C)(C)[C@H]1CCc2c(sc(N=Cc3cc(Br)c(Br)s3)c2C#N)C1. The summed E-state index contributed by atoms with van der Waals surface area (Å²) in [5.41, 5.74) is 2.34. The van der Waals surface area contributed by atoms with E-state index in [0.29, 0.717) is 11.3 Å². The molecule has 2 aromatic heterocycles. The Bertz CT molecular complexity index is 815. The van der Waals surface area contributed by atoms with Gasteiger partial charge < -0.3 is 0 Å². The number of nitrogens with zero attached hydrogens (tertiary/aromatic N) is 2. The summed E-state index contributed by atoms with van der Waals surface area (Å²) in [7, 11) is 0. The van der Waals surface area contributed by atoms with Gasteiger partial charge in [-0.25, -0.2) is 4.99 Å². The third kappa shape index (κ3) is 3.70. The summed E-state index contributed by atoms with van der Waals surface area (Å²) in [5, 5.41) is 10.5. The Hall–Kier alpha value is -0.480. The first-order valence-electron chi connectivity index (χ1n) is 7.83. The molecule has 0 spiro atoms. The third-order valence-corrected chi connectivity index (χ3v) is 8.91. The molecule has 0 radical (unpaired) electrons. The van der Waals surface area contributed by atoms with Crippen molar-refractivity contribution in [2.45, 2.75) is 40.0 Å². The molecule has 1 aliphatic rings. The minimum atomic E-state index is 0.313. The first-order chi connectivity index (χ1) is 11.3. The molecule has 0 saturated heterocycles. The number of thiophene rings is 2. The van der Waals surface area contributed by atoms with Gasteiger partial charge in [-0.15, -0.1) is 22.7 Å². The van der Waals surface area contributed by atoms with Crippen molar-refractivity contribution >= 4 is 65.7 Å². The average Bonchev–Trinajstić information content (AvgIpc) is 3.03. The number of halogens is 2. The fourth-order valence-electron chi connectivity index (χ4n) is 3.07. The van der Waals surface area contributed by atoms with Gasteiger partial charge in [-0.05, 0) is 74.1 Å². The predicted molar refractivity (Wildman–Crippen MR) is 111 cm³/mol. The molecule has 0 amide bonds. The van der Waals surface area contributed by atoms with Crippen LogP contribution in [0.15, 0.2) is 19.3 Å². The fraction of sp³-hybridized carbons (Fsp3) is 0.444. The van der Waals surface area contributed by atoms with Gasteiger partial charge in [0, 0.05) is 20.4 Å². The van der Waals surface area contributed by atoms with Crippen LogP contribution in [-0.2, 0) is 12.8 Å². The average molecular weight is 486 g/mol. The lowest BCUT2D eigenvalue weighted by Gasteiger charge is -2.33. The lowest BCUT2D eigenvalue weighted by molar-refractivity contribution is 0.218. The Morgan fingerprint density at radius 1 is 1.33 bits per heavy atom. The van der Waals surface area contributed by atoms with Gasteiger partial charge in [-0.1, -0.05) is 20.8 Å². The van der Waals surface area contributed by atoms with Gasteiger partial charge in [0.05, 0.1) is 9.35 Å². The largest absolute Gasteiger partial charge is 0.243 e. The number of hydrogen-bond donors (Lipinski definition) is 0. The number of aliphatic imine (C=N–C) groups is 1. The minimum absolute atomic E-state index is 0.313. The molecule has 2 aromatic rings. The van der Waals surface area contributed by atoms with Gasteiger partial charge in [0.1, 0.15) is 11.1 Å². The Balaban J connectivity index is 1.91. The van der Waals surface area contributed by atoms with Crippen molar-refractivity contribution in [2.75, 3.05) is 0 Å². The van der Waals surface area contributed by atoms with Crippen LogP contribution < -0.4 is 0 Å². The normalized spacial score (nSPS) is 17.9. The highest BCUT2D eigenvalue weighted by Gasteiger charge is 2.32. The number of nitriles is 1. The van der Waals surface area contributed by atoms with E-state index in [4.69, 9.17) is 0 Å². The van der Waals surface area contributed by atoms with Crippen molar-refractivity contribution in [3.63, 3.8) is 0 Å². The second kappa shape index (κ2) is 7.03. The van der Waals surface area contributed by atoms with Gasteiger partial charge in [0.15, 0.2) is 0 Å². The van der Waals surface area contributed by atoms with Crippen molar-refractivity contribution in [1.29, 1.82) is 5.26 Å². The molecule has 0 unspecified atom stereocenters. The van der Waals surface area contributed by atoms with Crippen LogP contribution in [0.4, 0.5) is 5.00 Å². The summed E-state index contributed by atoms with van der Waals surface area (Å²) in [6.45, 7) is 6.94. The zero-order chi connectivity index (χ0) is 17.5. The van der Waals surface area contributed by atoms with Crippen molar-refractivity contribution in [3.8, 4) is 6.07 Å². The topological polar surface area (TPSA) is 36.1 Å². The van der Waals surface area contributed by atoms with Crippen molar-refractivity contribution in [1.82, 2.24) is 0 Å². The highest BCUT2D eigenvalue weighted by atomic mass is 79.9. The van der Waals surface area contributed by atoms with Gasteiger partial charge in [-0.3, -0.25) is 0 Å². The van der Waals surface area contributed by atoms with Crippen LogP contribution >= 0.6 is 54.5 Å². The van der Waals surface area contributed by atoms with E-state index in [9.17, 15) is 5.26 Å². The maximum absolute atomic E-state index is 9.60. The second-order valence-corrected chi connectivity index (χ2v) is 11.5. The lowest BCUT2D eigenvalue weighted by Crippen LogP contribution is -2.26. The third-order valence-electron chi connectivity index (χ3n) is 4.56. The molecule has 1 aliphatic carbocycles. The first-order valence-corrected chi connectivity index (χ1v) is 11.0. The van der Waals surface area contributed by atoms with Crippen LogP contribution in [0, 0.1) is 22.7 Å². The zero-order valence-electron chi connectivity index (χ0n) is 13.8. The highest BCUT2D eigenvalue weighted by Crippen LogP contribution is 2.45. The van der Waals surface area contributed by atoms with E-state index in [0.717, 1.165) is 43.0 Å². The maximum Gasteiger partial charge on any atom is 0.134 e. The van der Waals surface area contributed by atoms with E-state index in [1.165, 1.54) is 10.4 Å². The molecule has 0 N–H and O–H groups in total. The van der Waals surface area contributed by atoms with Gasteiger partial charge >= 0.3 is 0 Å². The fourth-order valence-corrected chi connectivity index (χ4v) is 6.25. The first kappa shape index (κ1) is 18.3. The summed E-state index contributed by atoms with van der Waals surface area (Å²) in [5.74, 6) is 0.677. The monoisotopic (exact) mass is 484 g/mol. The summed E-state index contributed by atoms with van der Waals surface area (Å²) >= 11 is 10.3. The van der Waals surface area contributed by atoms with Crippen LogP contribution in [0.2, 0.25) is 0 Å². The predicted octanol–water partition coefficient (Wildman–Crippen LogP) is 7.11. The Morgan fingerprint density at radius 3 is 2.67 bits per heavy atom. The van der Waals surface area contributed by atoms with E-state index in [2.05, 4.69) is 63.7 Å². The van der Waals surface area contributed by atoms with E-state index in [1.807, 2.05) is 12.3 Å². The molecule has 2 nitrogen and oxygen atoms in total. The van der Waals surface area contributed by atoms with E-state index < -0.39 is 0 Å². The Labute approximate surface area is 167 Å². The standard InChI is InChI=1S/C18H18Br2N2S2/c1-18(2,3)10-4-5-12-13(8-21)17(24-15(12)6-10)22-9-11-7-14(19)16(20)23-11/h7,9-10H,4-6H2,1-3H3/t10-/m0/s1. The zero-order valence-corrected chi connectivity index (χ0v) is 18.6. The molecule has 126 valence electrons. The van der Waals surface area contributed by atoms with E-state index in [1.54, 1.807) is 22.7 Å². The van der Waals surface area contributed by atoms with Gasteiger partial charge in [0.25, 0.3) is 0 Å².